The van der Waals surface area contributed by atoms with Crippen LogP contribution in [0.2, 0.25) is 5.02 Å². The Hall–Kier alpha value is -2.33. The van der Waals surface area contributed by atoms with Crippen LogP contribution in [0.4, 0.5) is 0 Å². The SMILES string of the molecule is COC(=O)c1cc(-c2ccccc2C(=O)O)ccc1Cl. The highest BCUT2D eigenvalue weighted by Gasteiger charge is 2.15. The first-order valence-corrected chi connectivity index (χ1v) is 6.13. The van der Waals surface area contributed by atoms with E-state index in [9.17, 15) is 14.7 Å². The Morgan fingerprint density at radius 2 is 1.80 bits per heavy atom. The molecule has 0 aliphatic heterocycles. The lowest BCUT2D eigenvalue weighted by Gasteiger charge is -2.09. The summed E-state index contributed by atoms with van der Waals surface area (Å²) in [4.78, 5) is 22.8. The van der Waals surface area contributed by atoms with Crippen molar-refractivity contribution in [2.45, 2.75) is 0 Å². The molecule has 0 unspecified atom stereocenters. The number of carbonyl (C=O) groups excluding carboxylic acids is 1. The summed E-state index contributed by atoms with van der Waals surface area (Å²) in [5.74, 6) is -1.60. The second kappa shape index (κ2) is 5.75. The van der Waals surface area contributed by atoms with Crippen LogP contribution >= 0.6 is 11.6 Å². The van der Waals surface area contributed by atoms with Gasteiger partial charge in [0.15, 0.2) is 0 Å². The average Bonchev–Trinajstić information content (AvgIpc) is 2.47. The number of carboxylic acids is 1. The predicted octanol–water partition coefficient (Wildman–Crippen LogP) is 3.49. The Balaban J connectivity index is 2.60. The Labute approximate surface area is 120 Å². The Bertz CT molecular complexity index is 679. The van der Waals surface area contributed by atoms with E-state index >= 15 is 0 Å². The number of ether oxygens (including phenoxy) is 1. The maximum absolute atomic E-state index is 11.6. The third-order valence-electron chi connectivity index (χ3n) is 2.84. The minimum Gasteiger partial charge on any atom is -0.478 e. The van der Waals surface area contributed by atoms with Crippen molar-refractivity contribution in [3.8, 4) is 11.1 Å². The molecule has 0 aromatic heterocycles. The number of aromatic carboxylic acids is 1. The Kier molecular flexibility index (Phi) is 4.05. The van der Waals surface area contributed by atoms with E-state index in [1.165, 1.54) is 19.2 Å². The number of benzene rings is 2. The van der Waals surface area contributed by atoms with Crippen LogP contribution in [-0.2, 0) is 4.74 Å². The molecule has 0 radical (unpaired) electrons. The van der Waals surface area contributed by atoms with E-state index < -0.39 is 11.9 Å². The fourth-order valence-electron chi connectivity index (χ4n) is 1.88. The molecule has 2 aromatic rings. The molecule has 0 amide bonds. The molecule has 20 heavy (non-hydrogen) atoms. The third kappa shape index (κ3) is 2.65. The maximum atomic E-state index is 11.6. The highest BCUT2D eigenvalue weighted by atomic mass is 35.5. The zero-order valence-electron chi connectivity index (χ0n) is 10.6. The summed E-state index contributed by atoms with van der Waals surface area (Å²) in [6, 6.07) is 11.3. The fourth-order valence-corrected chi connectivity index (χ4v) is 2.08. The fraction of sp³-hybridized carbons (Fsp3) is 0.0667. The third-order valence-corrected chi connectivity index (χ3v) is 3.17. The molecular weight excluding hydrogens is 280 g/mol. The summed E-state index contributed by atoms with van der Waals surface area (Å²) in [5.41, 5.74) is 1.46. The monoisotopic (exact) mass is 290 g/mol. The second-order valence-electron chi connectivity index (χ2n) is 4.04. The van der Waals surface area contributed by atoms with Crippen LogP contribution in [0.25, 0.3) is 11.1 Å². The molecule has 0 heterocycles. The van der Waals surface area contributed by atoms with Gasteiger partial charge in [-0.2, -0.15) is 0 Å². The molecular formula is C15H11ClO4. The van der Waals surface area contributed by atoms with Gasteiger partial charge < -0.3 is 9.84 Å². The smallest absolute Gasteiger partial charge is 0.339 e. The van der Waals surface area contributed by atoms with Gasteiger partial charge in [0.25, 0.3) is 0 Å². The highest BCUT2D eigenvalue weighted by molar-refractivity contribution is 6.33. The molecule has 4 nitrogen and oxygen atoms in total. The first-order valence-electron chi connectivity index (χ1n) is 5.75. The van der Waals surface area contributed by atoms with Crippen molar-refractivity contribution in [1.29, 1.82) is 0 Å². The van der Waals surface area contributed by atoms with Crippen LogP contribution in [0.1, 0.15) is 20.7 Å². The van der Waals surface area contributed by atoms with Crippen molar-refractivity contribution in [2.75, 3.05) is 7.11 Å². The second-order valence-corrected chi connectivity index (χ2v) is 4.44. The molecule has 0 fully saturated rings. The van der Waals surface area contributed by atoms with Gasteiger partial charge in [-0.3, -0.25) is 0 Å². The first kappa shape index (κ1) is 14.1. The number of rotatable bonds is 3. The van der Waals surface area contributed by atoms with Crippen molar-refractivity contribution >= 4 is 23.5 Å². The summed E-state index contributed by atoms with van der Waals surface area (Å²) in [7, 11) is 1.26. The van der Waals surface area contributed by atoms with Gasteiger partial charge in [0.2, 0.25) is 0 Å². The lowest BCUT2D eigenvalue weighted by atomic mass is 9.98. The molecule has 0 aliphatic carbocycles. The molecule has 2 aromatic carbocycles. The van der Waals surface area contributed by atoms with E-state index in [0.717, 1.165) is 0 Å². The molecule has 0 atom stereocenters. The van der Waals surface area contributed by atoms with E-state index in [1.54, 1.807) is 30.3 Å². The minimum absolute atomic E-state index is 0.158. The van der Waals surface area contributed by atoms with Crippen molar-refractivity contribution in [2.24, 2.45) is 0 Å². The van der Waals surface area contributed by atoms with E-state index in [-0.39, 0.29) is 16.1 Å². The Morgan fingerprint density at radius 3 is 2.45 bits per heavy atom. The number of carboxylic acid groups (broad SMARTS) is 1. The van der Waals surface area contributed by atoms with Gasteiger partial charge in [-0.1, -0.05) is 35.9 Å². The molecule has 1 N–H and O–H groups in total. The normalized spacial score (nSPS) is 10.1. The average molecular weight is 291 g/mol. The Morgan fingerprint density at radius 1 is 1.10 bits per heavy atom. The topological polar surface area (TPSA) is 63.6 Å². The van der Waals surface area contributed by atoms with E-state index in [4.69, 9.17) is 11.6 Å². The van der Waals surface area contributed by atoms with Crippen LogP contribution in [0.15, 0.2) is 42.5 Å². The molecule has 0 spiro atoms. The molecule has 2 rings (SSSR count). The van der Waals surface area contributed by atoms with Crippen LogP contribution in [-0.4, -0.2) is 24.2 Å². The van der Waals surface area contributed by atoms with E-state index in [0.29, 0.717) is 11.1 Å². The van der Waals surface area contributed by atoms with Crippen molar-refractivity contribution in [3.05, 3.63) is 58.6 Å². The lowest BCUT2D eigenvalue weighted by Crippen LogP contribution is -2.03. The van der Waals surface area contributed by atoms with Gasteiger partial charge in [-0.15, -0.1) is 0 Å². The lowest BCUT2D eigenvalue weighted by molar-refractivity contribution is 0.0600. The molecule has 0 aliphatic rings. The van der Waals surface area contributed by atoms with Crippen LogP contribution in [0.5, 0.6) is 0 Å². The van der Waals surface area contributed by atoms with Gasteiger partial charge in [0, 0.05) is 0 Å². The summed E-state index contributed by atoms with van der Waals surface area (Å²) < 4.78 is 4.65. The summed E-state index contributed by atoms with van der Waals surface area (Å²) in [6.45, 7) is 0. The molecule has 0 saturated heterocycles. The molecule has 0 bridgehead atoms. The van der Waals surface area contributed by atoms with Gasteiger partial charge in [-0.05, 0) is 29.3 Å². The minimum atomic E-state index is -1.03. The number of hydrogen-bond acceptors (Lipinski definition) is 3. The zero-order chi connectivity index (χ0) is 14.7. The van der Waals surface area contributed by atoms with Crippen molar-refractivity contribution < 1.29 is 19.4 Å². The molecule has 0 saturated carbocycles. The number of hydrogen-bond donors (Lipinski definition) is 1. The number of methoxy groups -OCH3 is 1. The quantitative estimate of drug-likeness (QED) is 0.879. The summed E-state index contributed by atoms with van der Waals surface area (Å²) >= 11 is 5.94. The highest BCUT2D eigenvalue weighted by Crippen LogP contribution is 2.28. The number of carbonyl (C=O) groups is 2. The van der Waals surface area contributed by atoms with Gasteiger partial charge in [0.1, 0.15) is 0 Å². The number of esters is 1. The predicted molar refractivity (Wildman–Crippen MR) is 75.2 cm³/mol. The maximum Gasteiger partial charge on any atom is 0.339 e. The summed E-state index contributed by atoms with van der Waals surface area (Å²) in [6.07, 6.45) is 0. The van der Waals surface area contributed by atoms with Crippen LogP contribution < -0.4 is 0 Å². The van der Waals surface area contributed by atoms with Crippen LogP contribution in [0, 0.1) is 0 Å². The van der Waals surface area contributed by atoms with E-state index in [1.807, 2.05) is 0 Å². The summed E-state index contributed by atoms with van der Waals surface area (Å²) in [5, 5.41) is 9.45. The molecule has 102 valence electrons. The van der Waals surface area contributed by atoms with Crippen molar-refractivity contribution in [1.82, 2.24) is 0 Å². The van der Waals surface area contributed by atoms with Crippen LogP contribution in [0.3, 0.4) is 0 Å². The first-order chi connectivity index (χ1) is 9.54. The zero-order valence-corrected chi connectivity index (χ0v) is 11.3. The number of halogens is 1. The van der Waals surface area contributed by atoms with Gasteiger partial charge in [0.05, 0.1) is 23.3 Å². The van der Waals surface area contributed by atoms with Gasteiger partial charge in [-0.25, -0.2) is 9.59 Å². The largest absolute Gasteiger partial charge is 0.478 e. The van der Waals surface area contributed by atoms with Gasteiger partial charge >= 0.3 is 11.9 Å². The van der Waals surface area contributed by atoms with Crippen molar-refractivity contribution in [3.63, 3.8) is 0 Å². The van der Waals surface area contributed by atoms with E-state index in [2.05, 4.69) is 4.74 Å². The molecule has 5 heteroatoms. The standard InChI is InChI=1S/C15H11ClO4/c1-20-15(19)12-8-9(6-7-13(12)16)10-4-2-3-5-11(10)14(17)18/h2-8H,1H3,(H,17,18).